The number of hydrogen-bond donors (Lipinski definition) is 1. The molecular weight excluding hydrogens is 198 g/mol. The number of nitrogens with one attached hydrogen (secondary N) is 1. The second-order valence-electron chi connectivity index (χ2n) is 5.80. The lowest BCUT2D eigenvalue weighted by Gasteiger charge is -2.20. The number of nitrogens with zero attached hydrogens (tertiary/aromatic N) is 2. The van der Waals surface area contributed by atoms with Crippen LogP contribution in [0.2, 0.25) is 0 Å². The summed E-state index contributed by atoms with van der Waals surface area (Å²) < 4.78 is 1.93. The van der Waals surface area contributed by atoms with Gasteiger partial charge in [0, 0.05) is 24.3 Å². The van der Waals surface area contributed by atoms with Crippen LogP contribution in [-0.2, 0) is 7.05 Å². The number of rotatable bonds is 4. The molecule has 0 radical (unpaired) electrons. The highest BCUT2D eigenvalue weighted by Gasteiger charge is 2.13. The molecule has 1 atom stereocenters. The Hall–Kier alpha value is -0.830. The van der Waals surface area contributed by atoms with Gasteiger partial charge in [0.25, 0.3) is 0 Å². The molecule has 1 heterocycles. The Morgan fingerprint density at radius 1 is 1.44 bits per heavy atom. The van der Waals surface area contributed by atoms with E-state index in [1.807, 2.05) is 17.9 Å². The highest BCUT2D eigenvalue weighted by atomic mass is 15.3. The normalized spacial score (nSPS) is 14.1. The molecule has 0 aliphatic rings. The van der Waals surface area contributed by atoms with Gasteiger partial charge in [0.1, 0.15) is 0 Å². The van der Waals surface area contributed by atoms with Gasteiger partial charge >= 0.3 is 0 Å². The first-order chi connectivity index (χ1) is 7.31. The molecule has 1 rings (SSSR count). The van der Waals surface area contributed by atoms with E-state index in [0.29, 0.717) is 11.5 Å². The van der Waals surface area contributed by atoms with Crippen LogP contribution in [0.15, 0.2) is 6.20 Å². The summed E-state index contributed by atoms with van der Waals surface area (Å²) in [5.41, 5.74) is 2.95. The molecule has 1 unspecified atom stereocenters. The minimum Gasteiger partial charge on any atom is -0.310 e. The quantitative estimate of drug-likeness (QED) is 0.850. The van der Waals surface area contributed by atoms with E-state index in [4.69, 9.17) is 0 Å². The maximum atomic E-state index is 4.27. The van der Waals surface area contributed by atoms with E-state index >= 15 is 0 Å². The fourth-order valence-electron chi connectivity index (χ4n) is 1.71. The van der Waals surface area contributed by atoms with Gasteiger partial charge < -0.3 is 5.32 Å². The monoisotopic (exact) mass is 223 g/mol. The van der Waals surface area contributed by atoms with Gasteiger partial charge in [-0.25, -0.2) is 0 Å². The lowest BCUT2D eigenvalue weighted by atomic mass is 9.92. The fraction of sp³-hybridized carbons (Fsp3) is 0.769. The molecule has 3 nitrogen and oxygen atoms in total. The van der Waals surface area contributed by atoms with Gasteiger partial charge in [-0.1, -0.05) is 20.8 Å². The van der Waals surface area contributed by atoms with Gasteiger partial charge in [-0.15, -0.1) is 0 Å². The van der Waals surface area contributed by atoms with Crippen molar-refractivity contribution in [2.75, 3.05) is 6.54 Å². The third-order valence-electron chi connectivity index (χ3n) is 3.07. The Bertz CT molecular complexity index is 333. The van der Waals surface area contributed by atoms with Crippen molar-refractivity contribution in [2.45, 2.75) is 47.1 Å². The Morgan fingerprint density at radius 2 is 2.06 bits per heavy atom. The molecule has 0 bridgehead atoms. The van der Waals surface area contributed by atoms with Crippen LogP contribution in [0.4, 0.5) is 0 Å². The zero-order valence-corrected chi connectivity index (χ0v) is 11.5. The molecule has 1 aromatic heterocycles. The zero-order chi connectivity index (χ0) is 12.3. The molecule has 0 amide bonds. The molecule has 0 aromatic carbocycles. The van der Waals surface area contributed by atoms with Gasteiger partial charge in [-0.2, -0.15) is 5.10 Å². The van der Waals surface area contributed by atoms with Crippen LogP contribution in [0.3, 0.4) is 0 Å². The molecule has 0 aliphatic carbocycles. The van der Waals surface area contributed by atoms with Crippen molar-refractivity contribution in [1.29, 1.82) is 0 Å². The van der Waals surface area contributed by atoms with Crippen molar-refractivity contribution < 1.29 is 0 Å². The standard InChI is InChI=1S/C13H25N3/c1-10(14-8-7-13(3,4)5)12-9-15-16(6)11(12)2/h9-10,14H,7-8H2,1-6H3. The van der Waals surface area contributed by atoms with Crippen LogP contribution >= 0.6 is 0 Å². The first-order valence-corrected chi connectivity index (χ1v) is 6.03. The van der Waals surface area contributed by atoms with Crippen LogP contribution in [-0.4, -0.2) is 16.3 Å². The fourth-order valence-corrected chi connectivity index (χ4v) is 1.71. The molecule has 3 heteroatoms. The number of aromatic nitrogens is 2. The Kier molecular flexibility index (Phi) is 4.14. The van der Waals surface area contributed by atoms with Gasteiger partial charge in [-0.3, -0.25) is 4.68 Å². The Morgan fingerprint density at radius 3 is 2.50 bits per heavy atom. The van der Waals surface area contributed by atoms with Gasteiger partial charge in [0.05, 0.1) is 6.20 Å². The molecule has 0 saturated carbocycles. The third kappa shape index (κ3) is 3.63. The van der Waals surface area contributed by atoms with Crippen molar-refractivity contribution in [1.82, 2.24) is 15.1 Å². The lowest BCUT2D eigenvalue weighted by Crippen LogP contribution is -2.23. The maximum absolute atomic E-state index is 4.27. The van der Waals surface area contributed by atoms with Gasteiger partial charge in [0.15, 0.2) is 0 Å². The van der Waals surface area contributed by atoms with E-state index in [0.717, 1.165) is 6.54 Å². The summed E-state index contributed by atoms with van der Waals surface area (Å²) >= 11 is 0. The minimum atomic E-state index is 0.385. The molecule has 0 spiro atoms. The first-order valence-electron chi connectivity index (χ1n) is 6.03. The molecule has 0 saturated heterocycles. The highest BCUT2D eigenvalue weighted by molar-refractivity contribution is 5.19. The number of aryl methyl sites for hydroxylation is 1. The largest absolute Gasteiger partial charge is 0.310 e. The van der Waals surface area contributed by atoms with Crippen molar-refractivity contribution in [2.24, 2.45) is 12.5 Å². The Labute approximate surface area is 99.2 Å². The molecule has 1 aromatic rings. The molecule has 0 fully saturated rings. The van der Waals surface area contributed by atoms with E-state index in [2.05, 4.69) is 45.0 Å². The van der Waals surface area contributed by atoms with E-state index in [9.17, 15) is 0 Å². The first kappa shape index (κ1) is 13.2. The summed E-state index contributed by atoms with van der Waals surface area (Å²) in [5.74, 6) is 0. The van der Waals surface area contributed by atoms with Crippen molar-refractivity contribution >= 4 is 0 Å². The summed E-state index contributed by atoms with van der Waals surface area (Å²) in [6.45, 7) is 12.2. The van der Waals surface area contributed by atoms with Crippen molar-refractivity contribution in [3.63, 3.8) is 0 Å². The van der Waals surface area contributed by atoms with Crippen molar-refractivity contribution in [3.8, 4) is 0 Å². The lowest BCUT2D eigenvalue weighted by molar-refractivity contribution is 0.358. The summed E-state index contributed by atoms with van der Waals surface area (Å²) in [6.07, 6.45) is 3.15. The average molecular weight is 223 g/mol. The van der Waals surface area contributed by atoms with E-state index in [1.54, 1.807) is 0 Å². The smallest absolute Gasteiger partial charge is 0.0540 e. The van der Waals surface area contributed by atoms with E-state index < -0.39 is 0 Å². The predicted molar refractivity (Wildman–Crippen MR) is 68.4 cm³/mol. The zero-order valence-electron chi connectivity index (χ0n) is 11.5. The Balaban J connectivity index is 2.47. The van der Waals surface area contributed by atoms with Crippen LogP contribution < -0.4 is 5.32 Å². The molecule has 92 valence electrons. The maximum Gasteiger partial charge on any atom is 0.0540 e. The van der Waals surface area contributed by atoms with Crippen LogP contribution in [0.25, 0.3) is 0 Å². The topological polar surface area (TPSA) is 29.9 Å². The van der Waals surface area contributed by atoms with Crippen LogP contribution in [0.5, 0.6) is 0 Å². The van der Waals surface area contributed by atoms with E-state index in [-0.39, 0.29) is 0 Å². The molecule has 1 N–H and O–H groups in total. The summed E-state index contributed by atoms with van der Waals surface area (Å²) in [7, 11) is 1.99. The van der Waals surface area contributed by atoms with Gasteiger partial charge in [-0.05, 0) is 32.2 Å². The SMILES string of the molecule is Cc1c(C(C)NCCC(C)(C)C)cnn1C. The summed E-state index contributed by atoms with van der Waals surface area (Å²) in [4.78, 5) is 0. The minimum absolute atomic E-state index is 0.385. The number of hydrogen-bond acceptors (Lipinski definition) is 2. The third-order valence-corrected chi connectivity index (χ3v) is 3.07. The molecular formula is C13H25N3. The van der Waals surface area contributed by atoms with Gasteiger partial charge in [0.2, 0.25) is 0 Å². The van der Waals surface area contributed by atoms with Crippen molar-refractivity contribution in [3.05, 3.63) is 17.5 Å². The predicted octanol–water partition coefficient (Wildman–Crippen LogP) is 2.82. The highest BCUT2D eigenvalue weighted by Crippen LogP contribution is 2.19. The molecule has 0 aliphatic heterocycles. The second kappa shape index (κ2) is 5.00. The van der Waals surface area contributed by atoms with Crippen LogP contribution in [0, 0.1) is 12.3 Å². The summed E-state index contributed by atoms with van der Waals surface area (Å²) in [6, 6.07) is 0.385. The van der Waals surface area contributed by atoms with E-state index in [1.165, 1.54) is 17.7 Å². The average Bonchev–Trinajstić information content (AvgIpc) is 2.45. The molecule has 16 heavy (non-hydrogen) atoms. The van der Waals surface area contributed by atoms with Crippen LogP contribution in [0.1, 0.15) is 51.4 Å². The second-order valence-corrected chi connectivity index (χ2v) is 5.80. The summed E-state index contributed by atoms with van der Waals surface area (Å²) in [5, 5.41) is 7.83.